The Balaban J connectivity index is 1.98. The first-order valence-electron chi connectivity index (χ1n) is 6.92. The van der Waals surface area contributed by atoms with Crippen molar-refractivity contribution in [2.24, 2.45) is 0 Å². The van der Waals surface area contributed by atoms with Gasteiger partial charge in [-0.25, -0.2) is 4.39 Å². The fraction of sp³-hybridized carbons (Fsp3) is 0.294. The number of aliphatic hydroxyl groups excluding tert-OH is 2. The maximum absolute atomic E-state index is 13.6. The van der Waals surface area contributed by atoms with Crippen LogP contribution in [0.2, 0.25) is 0 Å². The second kappa shape index (κ2) is 7.76. The van der Waals surface area contributed by atoms with Crippen LogP contribution in [-0.4, -0.2) is 22.9 Å². The van der Waals surface area contributed by atoms with E-state index in [2.05, 4.69) is 0 Å². The molecule has 0 saturated carbocycles. The van der Waals surface area contributed by atoms with E-state index in [1.54, 1.807) is 6.07 Å². The summed E-state index contributed by atoms with van der Waals surface area (Å²) >= 11 is 0. The third kappa shape index (κ3) is 5.17. The molecule has 1 unspecified atom stereocenters. The lowest BCUT2D eigenvalue weighted by Crippen LogP contribution is -2.12. The maximum Gasteiger partial charge on any atom is 0.127 e. The summed E-state index contributed by atoms with van der Waals surface area (Å²) in [5, 5.41) is 18.1. The van der Waals surface area contributed by atoms with E-state index in [0.29, 0.717) is 25.2 Å². The Morgan fingerprint density at radius 2 is 1.81 bits per heavy atom. The SMILES string of the molecule is OCC(O)CCc1cc(F)cc(OCc2ccccc2)c1. The Bertz CT molecular complexity index is 557. The van der Waals surface area contributed by atoms with Gasteiger partial charge >= 0.3 is 0 Å². The second-order valence-electron chi connectivity index (χ2n) is 4.94. The third-order valence-corrected chi connectivity index (χ3v) is 3.16. The number of hydrogen-bond acceptors (Lipinski definition) is 3. The molecule has 0 fully saturated rings. The summed E-state index contributed by atoms with van der Waals surface area (Å²) < 4.78 is 19.2. The van der Waals surface area contributed by atoms with Crippen molar-refractivity contribution in [1.29, 1.82) is 0 Å². The predicted octanol–water partition coefficient (Wildman–Crippen LogP) is 2.69. The summed E-state index contributed by atoms with van der Waals surface area (Å²) in [4.78, 5) is 0. The molecular formula is C17H19FO3. The average Bonchev–Trinajstić information content (AvgIpc) is 2.51. The zero-order chi connectivity index (χ0) is 15.1. The summed E-state index contributed by atoms with van der Waals surface area (Å²) in [5.41, 5.74) is 1.75. The minimum Gasteiger partial charge on any atom is -0.489 e. The molecule has 21 heavy (non-hydrogen) atoms. The van der Waals surface area contributed by atoms with Gasteiger partial charge in [-0.05, 0) is 36.1 Å². The van der Waals surface area contributed by atoms with Gasteiger partial charge in [0, 0.05) is 6.07 Å². The fourth-order valence-electron chi connectivity index (χ4n) is 2.01. The van der Waals surface area contributed by atoms with Gasteiger partial charge in [0.1, 0.15) is 18.2 Å². The first-order valence-corrected chi connectivity index (χ1v) is 6.92. The van der Waals surface area contributed by atoms with Gasteiger partial charge in [0.05, 0.1) is 12.7 Å². The fourth-order valence-corrected chi connectivity index (χ4v) is 2.01. The standard InChI is InChI=1S/C17H19FO3/c18-15-8-14(6-7-16(20)11-19)9-17(10-15)21-12-13-4-2-1-3-5-13/h1-5,8-10,16,19-20H,6-7,11-12H2. The van der Waals surface area contributed by atoms with Crippen LogP contribution in [0, 0.1) is 5.82 Å². The number of ether oxygens (including phenoxy) is 1. The van der Waals surface area contributed by atoms with E-state index in [-0.39, 0.29) is 12.4 Å². The van der Waals surface area contributed by atoms with Crippen LogP contribution in [0.4, 0.5) is 4.39 Å². The first kappa shape index (κ1) is 15.5. The highest BCUT2D eigenvalue weighted by Crippen LogP contribution is 2.19. The molecule has 2 rings (SSSR count). The van der Waals surface area contributed by atoms with Crippen molar-refractivity contribution in [2.45, 2.75) is 25.6 Å². The van der Waals surface area contributed by atoms with Crippen molar-refractivity contribution in [3.8, 4) is 5.75 Å². The van der Waals surface area contributed by atoms with Crippen LogP contribution < -0.4 is 4.74 Å². The van der Waals surface area contributed by atoms with Crippen LogP contribution in [0.1, 0.15) is 17.5 Å². The van der Waals surface area contributed by atoms with Crippen molar-refractivity contribution in [1.82, 2.24) is 0 Å². The highest BCUT2D eigenvalue weighted by Gasteiger charge is 2.06. The van der Waals surface area contributed by atoms with Crippen molar-refractivity contribution in [2.75, 3.05) is 6.61 Å². The minimum absolute atomic E-state index is 0.285. The molecule has 0 aromatic heterocycles. The van der Waals surface area contributed by atoms with Gasteiger partial charge in [0.25, 0.3) is 0 Å². The molecule has 0 radical (unpaired) electrons. The average molecular weight is 290 g/mol. The number of benzene rings is 2. The molecule has 0 aliphatic carbocycles. The molecular weight excluding hydrogens is 271 g/mol. The highest BCUT2D eigenvalue weighted by atomic mass is 19.1. The van der Waals surface area contributed by atoms with Crippen molar-refractivity contribution in [3.63, 3.8) is 0 Å². The van der Waals surface area contributed by atoms with E-state index >= 15 is 0 Å². The molecule has 0 amide bonds. The summed E-state index contributed by atoms with van der Waals surface area (Å²) in [6.07, 6.45) is 0.0983. The molecule has 2 aromatic carbocycles. The number of hydrogen-bond donors (Lipinski definition) is 2. The number of aliphatic hydroxyl groups is 2. The quantitative estimate of drug-likeness (QED) is 0.824. The zero-order valence-corrected chi connectivity index (χ0v) is 11.7. The van der Waals surface area contributed by atoms with Crippen molar-refractivity contribution in [3.05, 3.63) is 65.5 Å². The Morgan fingerprint density at radius 3 is 2.52 bits per heavy atom. The molecule has 3 nitrogen and oxygen atoms in total. The maximum atomic E-state index is 13.6. The lowest BCUT2D eigenvalue weighted by Gasteiger charge is -2.10. The Labute approximate surface area is 123 Å². The monoisotopic (exact) mass is 290 g/mol. The van der Waals surface area contributed by atoms with Crippen LogP contribution in [0.3, 0.4) is 0 Å². The molecule has 4 heteroatoms. The molecule has 112 valence electrons. The summed E-state index contributed by atoms with van der Waals surface area (Å²) in [7, 11) is 0. The van der Waals surface area contributed by atoms with E-state index in [1.165, 1.54) is 12.1 Å². The van der Waals surface area contributed by atoms with Gasteiger partial charge in [-0.15, -0.1) is 0 Å². The number of rotatable bonds is 7. The molecule has 2 N–H and O–H groups in total. The van der Waals surface area contributed by atoms with Crippen molar-refractivity contribution >= 4 is 0 Å². The van der Waals surface area contributed by atoms with Gasteiger partial charge < -0.3 is 14.9 Å². The van der Waals surface area contributed by atoms with E-state index in [4.69, 9.17) is 9.84 Å². The molecule has 0 spiro atoms. The largest absolute Gasteiger partial charge is 0.489 e. The molecule has 0 heterocycles. The molecule has 0 aliphatic heterocycles. The predicted molar refractivity (Wildman–Crippen MR) is 78.6 cm³/mol. The van der Waals surface area contributed by atoms with Crippen LogP contribution in [-0.2, 0) is 13.0 Å². The van der Waals surface area contributed by atoms with Gasteiger partial charge in [0.2, 0.25) is 0 Å². The van der Waals surface area contributed by atoms with Gasteiger partial charge in [-0.2, -0.15) is 0 Å². The van der Waals surface area contributed by atoms with Gasteiger partial charge in [-0.3, -0.25) is 0 Å². The van der Waals surface area contributed by atoms with E-state index < -0.39 is 6.10 Å². The summed E-state index contributed by atoms with van der Waals surface area (Å²) in [6.45, 7) is 0.0929. The molecule has 1 atom stereocenters. The van der Waals surface area contributed by atoms with E-state index in [0.717, 1.165) is 11.1 Å². The van der Waals surface area contributed by atoms with Crippen LogP contribution >= 0.6 is 0 Å². The topological polar surface area (TPSA) is 49.7 Å². The lowest BCUT2D eigenvalue weighted by molar-refractivity contribution is 0.0885. The highest BCUT2D eigenvalue weighted by molar-refractivity contribution is 5.30. The molecule has 0 bridgehead atoms. The van der Waals surface area contributed by atoms with Gasteiger partial charge in [-0.1, -0.05) is 30.3 Å². The Hall–Kier alpha value is -1.91. The first-order chi connectivity index (χ1) is 10.2. The third-order valence-electron chi connectivity index (χ3n) is 3.16. The molecule has 0 saturated heterocycles. The number of halogens is 1. The smallest absolute Gasteiger partial charge is 0.127 e. The normalized spacial score (nSPS) is 12.1. The number of aryl methyl sites for hydroxylation is 1. The van der Waals surface area contributed by atoms with Crippen LogP contribution in [0.25, 0.3) is 0 Å². The van der Waals surface area contributed by atoms with Crippen molar-refractivity contribution < 1.29 is 19.3 Å². The van der Waals surface area contributed by atoms with Gasteiger partial charge in [0.15, 0.2) is 0 Å². The lowest BCUT2D eigenvalue weighted by atomic mass is 10.1. The van der Waals surface area contributed by atoms with Crippen LogP contribution in [0.5, 0.6) is 5.75 Å². The van der Waals surface area contributed by atoms with E-state index in [9.17, 15) is 9.50 Å². The van der Waals surface area contributed by atoms with Crippen LogP contribution in [0.15, 0.2) is 48.5 Å². The molecule has 2 aromatic rings. The second-order valence-corrected chi connectivity index (χ2v) is 4.94. The summed E-state index contributed by atoms with van der Waals surface area (Å²) in [6, 6.07) is 14.2. The summed E-state index contributed by atoms with van der Waals surface area (Å²) in [5.74, 6) is 0.0985. The minimum atomic E-state index is -0.776. The van der Waals surface area contributed by atoms with E-state index in [1.807, 2.05) is 30.3 Å². The molecule has 0 aliphatic rings. The zero-order valence-electron chi connectivity index (χ0n) is 11.7. The Morgan fingerprint density at radius 1 is 1.05 bits per heavy atom. The Kier molecular flexibility index (Phi) is 5.72.